The third kappa shape index (κ3) is 4.18. The molecule has 0 spiro atoms. The number of aromatic nitrogens is 1. The average molecular weight is 345 g/mol. The Balaban J connectivity index is 2.19. The number of methoxy groups -OCH3 is 1. The first-order valence-corrected chi connectivity index (χ1v) is 8.63. The molecular weight excluding hydrogens is 328 g/mol. The Morgan fingerprint density at radius 1 is 1.52 bits per heavy atom. The number of hydrogen-bond acceptors (Lipinski definition) is 6. The first kappa shape index (κ1) is 16.3. The number of esters is 1. The lowest BCUT2D eigenvalue weighted by Crippen LogP contribution is -2.11. The van der Waals surface area contributed by atoms with E-state index in [9.17, 15) is 4.79 Å². The van der Waals surface area contributed by atoms with Crippen molar-refractivity contribution in [3.05, 3.63) is 32.4 Å². The first-order valence-electron chi connectivity index (χ1n) is 6.55. The molecule has 21 heavy (non-hydrogen) atoms. The van der Waals surface area contributed by atoms with Gasteiger partial charge < -0.3 is 10.1 Å². The molecule has 1 atom stereocenters. The van der Waals surface area contributed by atoms with Gasteiger partial charge >= 0.3 is 5.97 Å². The fourth-order valence-electron chi connectivity index (χ4n) is 1.94. The maximum atomic E-state index is 11.6. The molecule has 7 heteroatoms. The lowest BCUT2D eigenvalue weighted by atomic mass is 10.0. The van der Waals surface area contributed by atoms with E-state index in [1.807, 2.05) is 6.07 Å². The van der Waals surface area contributed by atoms with Crippen LogP contribution in [0.2, 0.25) is 5.15 Å². The van der Waals surface area contributed by atoms with Gasteiger partial charge in [-0.15, -0.1) is 11.3 Å². The summed E-state index contributed by atoms with van der Waals surface area (Å²) in [7, 11) is 1.33. The second-order valence-corrected chi connectivity index (χ2v) is 7.31. The fourth-order valence-corrected chi connectivity index (χ4v) is 3.88. The van der Waals surface area contributed by atoms with E-state index in [2.05, 4.69) is 35.6 Å². The predicted molar refractivity (Wildman–Crippen MR) is 88.6 cm³/mol. The van der Waals surface area contributed by atoms with Crippen molar-refractivity contribution < 1.29 is 9.53 Å². The van der Waals surface area contributed by atoms with Crippen LogP contribution in [0.3, 0.4) is 0 Å². The number of nitrogens with zero attached hydrogens (tertiary/aromatic N) is 1. The first-order chi connectivity index (χ1) is 10.0. The normalized spacial score (nSPS) is 12.4. The minimum Gasteiger partial charge on any atom is -0.465 e. The van der Waals surface area contributed by atoms with Crippen LogP contribution in [0.4, 0.5) is 5.13 Å². The van der Waals surface area contributed by atoms with Gasteiger partial charge in [-0.2, -0.15) is 0 Å². The van der Waals surface area contributed by atoms with E-state index in [0.717, 1.165) is 6.42 Å². The summed E-state index contributed by atoms with van der Waals surface area (Å²) < 4.78 is 4.69. The third-order valence-corrected chi connectivity index (χ3v) is 5.19. The van der Waals surface area contributed by atoms with Crippen molar-refractivity contribution in [2.45, 2.75) is 26.3 Å². The molecule has 0 radical (unpaired) electrons. The number of carbonyl (C=O) groups excluding carboxylic acids is 1. The van der Waals surface area contributed by atoms with Crippen molar-refractivity contribution in [1.29, 1.82) is 0 Å². The van der Waals surface area contributed by atoms with Crippen molar-refractivity contribution >= 4 is 45.4 Å². The molecule has 2 rings (SSSR count). The number of halogens is 1. The van der Waals surface area contributed by atoms with Gasteiger partial charge in [0.2, 0.25) is 0 Å². The van der Waals surface area contributed by atoms with Crippen molar-refractivity contribution in [2.24, 2.45) is 5.92 Å². The smallest absolute Gasteiger partial charge is 0.351 e. The molecule has 2 aromatic heterocycles. The topological polar surface area (TPSA) is 51.2 Å². The van der Waals surface area contributed by atoms with Crippen molar-refractivity contribution in [1.82, 2.24) is 4.98 Å². The molecule has 0 aliphatic heterocycles. The van der Waals surface area contributed by atoms with Gasteiger partial charge in [0.25, 0.3) is 0 Å². The van der Waals surface area contributed by atoms with Gasteiger partial charge in [-0.05, 0) is 23.8 Å². The largest absolute Gasteiger partial charge is 0.465 e. The predicted octanol–water partition coefficient (Wildman–Crippen LogP) is 4.84. The average Bonchev–Trinajstić information content (AvgIpc) is 3.06. The number of hydrogen-bond donors (Lipinski definition) is 1. The van der Waals surface area contributed by atoms with Crippen LogP contribution in [0.25, 0.3) is 0 Å². The molecule has 0 saturated heterocycles. The summed E-state index contributed by atoms with van der Waals surface area (Å²) in [6, 6.07) is 4.29. The Hall–Kier alpha value is -1.11. The minimum atomic E-state index is -0.456. The van der Waals surface area contributed by atoms with E-state index in [4.69, 9.17) is 16.3 Å². The van der Waals surface area contributed by atoms with Gasteiger partial charge in [-0.25, -0.2) is 9.78 Å². The molecule has 0 aliphatic rings. The fraction of sp³-hybridized carbons (Fsp3) is 0.429. The Bertz CT molecular complexity index is 596. The van der Waals surface area contributed by atoms with E-state index < -0.39 is 5.97 Å². The second kappa shape index (κ2) is 7.24. The zero-order valence-electron chi connectivity index (χ0n) is 12.1. The Kier molecular flexibility index (Phi) is 5.61. The van der Waals surface area contributed by atoms with Crippen LogP contribution in [-0.2, 0) is 4.74 Å². The zero-order valence-corrected chi connectivity index (χ0v) is 14.4. The monoisotopic (exact) mass is 344 g/mol. The van der Waals surface area contributed by atoms with Gasteiger partial charge in [-0.1, -0.05) is 42.9 Å². The highest BCUT2D eigenvalue weighted by atomic mass is 35.5. The van der Waals surface area contributed by atoms with Crippen molar-refractivity contribution in [2.75, 3.05) is 12.4 Å². The minimum absolute atomic E-state index is 0.165. The number of anilines is 1. The molecule has 2 aromatic rings. The number of thiazole rings is 1. The molecule has 114 valence electrons. The van der Waals surface area contributed by atoms with E-state index >= 15 is 0 Å². The van der Waals surface area contributed by atoms with Gasteiger partial charge in [0.15, 0.2) is 15.2 Å². The van der Waals surface area contributed by atoms with E-state index in [1.165, 1.54) is 23.3 Å². The summed E-state index contributed by atoms with van der Waals surface area (Å²) in [5, 5.41) is 6.26. The Morgan fingerprint density at radius 3 is 2.86 bits per heavy atom. The lowest BCUT2D eigenvalue weighted by molar-refractivity contribution is 0.0606. The maximum absolute atomic E-state index is 11.6. The zero-order chi connectivity index (χ0) is 15.4. The summed E-state index contributed by atoms with van der Waals surface area (Å²) in [6.45, 7) is 4.36. The quantitative estimate of drug-likeness (QED) is 0.761. The molecule has 4 nitrogen and oxygen atoms in total. The van der Waals surface area contributed by atoms with Gasteiger partial charge in [-0.3, -0.25) is 0 Å². The van der Waals surface area contributed by atoms with Crippen molar-refractivity contribution in [3.63, 3.8) is 0 Å². The molecule has 0 saturated carbocycles. The second-order valence-electron chi connectivity index (χ2n) is 4.97. The van der Waals surface area contributed by atoms with Gasteiger partial charge in [0.1, 0.15) is 0 Å². The molecule has 0 fully saturated rings. The van der Waals surface area contributed by atoms with Gasteiger partial charge in [0.05, 0.1) is 13.2 Å². The van der Waals surface area contributed by atoms with E-state index in [1.54, 1.807) is 11.3 Å². The highest BCUT2D eigenvalue weighted by Crippen LogP contribution is 2.33. The Morgan fingerprint density at radius 2 is 2.29 bits per heavy atom. The number of nitrogens with one attached hydrogen (secondary N) is 1. The highest BCUT2D eigenvalue weighted by molar-refractivity contribution is 7.18. The van der Waals surface area contributed by atoms with Crippen LogP contribution in [0.15, 0.2) is 17.5 Å². The SMILES string of the molecule is COC(=O)c1sc(NC(CC(C)C)c2cccs2)nc1Cl. The summed E-state index contributed by atoms with van der Waals surface area (Å²) in [4.78, 5) is 17.4. The molecule has 2 heterocycles. The highest BCUT2D eigenvalue weighted by Gasteiger charge is 2.20. The standard InChI is InChI=1S/C14H17ClN2O2S2/c1-8(2)7-9(10-5-4-6-20-10)16-14-17-12(15)11(21-14)13(18)19-3/h4-6,8-9H,7H2,1-3H3,(H,16,17). The molecule has 1 unspecified atom stereocenters. The van der Waals surface area contributed by atoms with Crippen LogP contribution in [-0.4, -0.2) is 18.1 Å². The van der Waals surface area contributed by atoms with Crippen LogP contribution in [0, 0.1) is 5.92 Å². The summed E-state index contributed by atoms with van der Waals surface area (Å²) >= 11 is 8.92. The van der Waals surface area contributed by atoms with E-state index in [-0.39, 0.29) is 11.2 Å². The molecular formula is C14H17ClN2O2S2. The summed E-state index contributed by atoms with van der Waals surface area (Å²) in [5.41, 5.74) is 0. The molecule has 0 amide bonds. The molecule has 1 N–H and O–H groups in total. The van der Waals surface area contributed by atoms with Crippen LogP contribution in [0.1, 0.15) is 40.9 Å². The Labute approximate surface area is 137 Å². The van der Waals surface area contributed by atoms with Crippen molar-refractivity contribution in [3.8, 4) is 0 Å². The number of ether oxygens (including phenoxy) is 1. The van der Waals surface area contributed by atoms with E-state index in [0.29, 0.717) is 15.9 Å². The summed E-state index contributed by atoms with van der Waals surface area (Å²) in [5.74, 6) is 0.0854. The third-order valence-electron chi connectivity index (χ3n) is 2.85. The van der Waals surface area contributed by atoms with Crippen LogP contribution < -0.4 is 5.32 Å². The van der Waals surface area contributed by atoms with Crippen LogP contribution >= 0.6 is 34.3 Å². The summed E-state index contributed by atoms with van der Waals surface area (Å²) in [6.07, 6.45) is 0.977. The number of carbonyl (C=O) groups is 1. The lowest BCUT2D eigenvalue weighted by Gasteiger charge is -2.18. The van der Waals surface area contributed by atoms with Gasteiger partial charge in [0, 0.05) is 4.88 Å². The molecule has 0 aromatic carbocycles. The van der Waals surface area contributed by atoms with Crippen LogP contribution in [0.5, 0.6) is 0 Å². The number of rotatable bonds is 6. The molecule has 0 aliphatic carbocycles. The number of thiophene rings is 1. The maximum Gasteiger partial charge on any atom is 0.351 e. The molecule has 0 bridgehead atoms.